The number of hydrogen-bond donors (Lipinski definition) is 3. The molecule has 218 valence electrons. The fourth-order valence-corrected chi connectivity index (χ4v) is 5.06. The van der Waals surface area contributed by atoms with Gasteiger partial charge in [0.05, 0.1) is 18.2 Å². The van der Waals surface area contributed by atoms with Crippen LogP contribution in [0.25, 0.3) is 0 Å². The Labute approximate surface area is 234 Å². The van der Waals surface area contributed by atoms with Crippen LogP contribution in [0.1, 0.15) is 44.4 Å². The third-order valence-corrected chi connectivity index (χ3v) is 7.25. The molecule has 8 nitrogen and oxygen atoms in total. The number of likely N-dealkylation sites (N-methyl/N-ethyl adjacent to an activating group) is 1. The van der Waals surface area contributed by atoms with Gasteiger partial charge in [-0.2, -0.15) is 0 Å². The van der Waals surface area contributed by atoms with Crippen molar-refractivity contribution in [2.75, 3.05) is 26.2 Å². The Bertz CT molecular complexity index is 1170. The predicted molar refractivity (Wildman–Crippen MR) is 148 cm³/mol. The summed E-state index contributed by atoms with van der Waals surface area (Å²) >= 11 is 0. The van der Waals surface area contributed by atoms with Gasteiger partial charge in [0.25, 0.3) is 0 Å². The van der Waals surface area contributed by atoms with Crippen LogP contribution in [0.2, 0.25) is 0 Å². The molecule has 0 unspecified atom stereocenters. The molecule has 3 N–H and O–H groups in total. The summed E-state index contributed by atoms with van der Waals surface area (Å²) in [6, 6.07) is 9.94. The second-order valence-electron chi connectivity index (χ2n) is 10.6. The fraction of sp³-hybridized carbons (Fsp3) is 0.500. The van der Waals surface area contributed by atoms with Crippen molar-refractivity contribution in [2.45, 2.75) is 65.3 Å². The third kappa shape index (κ3) is 8.32. The molecule has 2 aromatic rings. The van der Waals surface area contributed by atoms with Crippen LogP contribution >= 0.6 is 0 Å². The SMILES string of the molecule is CCc1cccc(CNC[C@@H](O)[C@H](Cc2cc(F)cc(F)c2)NC(=O)CN2C[C@H](C(C)C)N(CC)C(=O)C2=O)c1. The van der Waals surface area contributed by atoms with Crippen LogP contribution in [-0.2, 0) is 33.8 Å². The number of nitrogens with zero attached hydrogens (tertiary/aromatic N) is 2. The standard InChI is InChI=1S/C30H40F2N4O4/c1-5-20-8-7-9-21(10-20)15-33-16-27(37)25(13-22-11-23(31)14-24(32)12-22)34-28(38)18-35-17-26(19(3)4)36(6-2)30(40)29(35)39/h7-12,14,19,25-27,33,37H,5-6,13,15-18H2,1-4H3,(H,34,38)/t25-,26+,27+/m0/s1. The van der Waals surface area contributed by atoms with Crippen LogP contribution in [0.15, 0.2) is 42.5 Å². The maximum absolute atomic E-state index is 13.9. The van der Waals surface area contributed by atoms with Gasteiger partial charge >= 0.3 is 11.8 Å². The van der Waals surface area contributed by atoms with Crippen molar-refractivity contribution >= 4 is 17.7 Å². The number of aryl methyl sites for hydroxylation is 1. The van der Waals surface area contributed by atoms with Crippen LogP contribution in [0, 0.1) is 17.6 Å². The normalized spacial score (nSPS) is 17.4. The number of piperazine rings is 1. The van der Waals surface area contributed by atoms with Crippen molar-refractivity contribution in [2.24, 2.45) is 5.92 Å². The lowest BCUT2D eigenvalue weighted by Crippen LogP contribution is -2.62. The van der Waals surface area contributed by atoms with Gasteiger partial charge in [0.2, 0.25) is 5.91 Å². The first-order valence-corrected chi connectivity index (χ1v) is 13.8. The number of aliphatic hydroxyl groups excluding tert-OH is 1. The Morgan fingerprint density at radius 2 is 1.70 bits per heavy atom. The van der Waals surface area contributed by atoms with E-state index >= 15 is 0 Å². The van der Waals surface area contributed by atoms with Crippen molar-refractivity contribution < 1.29 is 28.3 Å². The lowest BCUT2D eigenvalue weighted by atomic mass is 9.98. The minimum absolute atomic E-state index is 0.0420. The van der Waals surface area contributed by atoms with Gasteiger partial charge in [-0.25, -0.2) is 8.78 Å². The summed E-state index contributed by atoms with van der Waals surface area (Å²) in [7, 11) is 0. The third-order valence-electron chi connectivity index (χ3n) is 7.25. The summed E-state index contributed by atoms with van der Waals surface area (Å²) < 4.78 is 27.7. The molecule has 1 aliphatic heterocycles. The van der Waals surface area contributed by atoms with E-state index in [0.717, 1.165) is 30.2 Å². The van der Waals surface area contributed by atoms with E-state index in [1.807, 2.05) is 32.0 Å². The summed E-state index contributed by atoms with van der Waals surface area (Å²) in [6.45, 7) is 8.58. The van der Waals surface area contributed by atoms with Crippen molar-refractivity contribution in [3.05, 3.63) is 70.8 Å². The van der Waals surface area contributed by atoms with Gasteiger partial charge in [-0.05, 0) is 54.5 Å². The number of amides is 3. The van der Waals surface area contributed by atoms with Gasteiger partial charge in [0.1, 0.15) is 18.2 Å². The Balaban J connectivity index is 1.70. The summed E-state index contributed by atoms with van der Waals surface area (Å²) in [4.78, 5) is 41.2. The molecule has 3 rings (SSSR count). The van der Waals surface area contributed by atoms with Crippen molar-refractivity contribution in [1.82, 2.24) is 20.4 Å². The van der Waals surface area contributed by atoms with E-state index in [0.29, 0.717) is 13.1 Å². The van der Waals surface area contributed by atoms with Gasteiger partial charge < -0.3 is 25.5 Å². The Morgan fingerprint density at radius 1 is 1.02 bits per heavy atom. The van der Waals surface area contributed by atoms with Crippen LogP contribution in [0.4, 0.5) is 8.78 Å². The molecule has 1 saturated heterocycles. The Hall–Kier alpha value is -3.37. The molecule has 1 aliphatic rings. The average Bonchev–Trinajstić information content (AvgIpc) is 2.90. The molecule has 0 aliphatic carbocycles. The minimum Gasteiger partial charge on any atom is -0.390 e. The second-order valence-corrected chi connectivity index (χ2v) is 10.6. The number of carbonyl (C=O) groups is 3. The molecule has 0 aromatic heterocycles. The number of rotatable bonds is 13. The monoisotopic (exact) mass is 558 g/mol. The zero-order chi connectivity index (χ0) is 29.4. The quantitative estimate of drug-likeness (QED) is 0.328. The van der Waals surface area contributed by atoms with Crippen LogP contribution in [-0.4, -0.2) is 77.0 Å². The predicted octanol–water partition coefficient (Wildman–Crippen LogP) is 2.42. The highest BCUT2D eigenvalue weighted by Crippen LogP contribution is 2.19. The molecular weight excluding hydrogens is 518 g/mol. The van der Waals surface area contributed by atoms with E-state index in [4.69, 9.17) is 0 Å². The number of benzene rings is 2. The summed E-state index contributed by atoms with van der Waals surface area (Å²) in [5.74, 6) is -3.44. The average molecular weight is 559 g/mol. The number of halogens is 2. The van der Waals surface area contributed by atoms with E-state index in [2.05, 4.69) is 23.6 Å². The zero-order valence-corrected chi connectivity index (χ0v) is 23.6. The van der Waals surface area contributed by atoms with Gasteiger partial charge in [-0.15, -0.1) is 0 Å². The summed E-state index contributed by atoms with van der Waals surface area (Å²) in [5, 5.41) is 16.9. The van der Waals surface area contributed by atoms with Crippen molar-refractivity contribution in [1.29, 1.82) is 0 Å². The molecule has 3 atom stereocenters. The van der Waals surface area contributed by atoms with E-state index in [-0.39, 0.29) is 43.6 Å². The highest BCUT2D eigenvalue weighted by atomic mass is 19.1. The van der Waals surface area contributed by atoms with Crippen molar-refractivity contribution in [3.8, 4) is 0 Å². The molecule has 0 radical (unpaired) electrons. The molecule has 0 saturated carbocycles. The highest BCUT2D eigenvalue weighted by Gasteiger charge is 2.40. The molecule has 10 heteroatoms. The van der Waals surface area contributed by atoms with E-state index in [9.17, 15) is 28.3 Å². The van der Waals surface area contributed by atoms with Gasteiger partial charge in [0, 0.05) is 32.2 Å². The molecule has 1 fully saturated rings. The van der Waals surface area contributed by atoms with Crippen LogP contribution < -0.4 is 10.6 Å². The first-order chi connectivity index (χ1) is 19.0. The topological polar surface area (TPSA) is 102 Å². The number of carbonyl (C=O) groups excluding carboxylic acids is 3. The largest absolute Gasteiger partial charge is 0.390 e. The summed E-state index contributed by atoms with van der Waals surface area (Å²) in [5.41, 5.74) is 2.49. The van der Waals surface area contributed by atoms with Crippen LogP contribution in [0.5, 0.6) is 0 Å². The maximum Gasteiger partial charge on any atom is 0.312 e. The minimum atomic E-state index is -1.11. The maximum atomic E-state index is 13.9. The van der Waals surface area contributed by atoms with Crippen LogP contribution in [0.3, 0.4) is 0 Å². The van der Waals surface area contributed by atoms with E-state index < -0.39 is 41.5 Å². The Morgan fingerprint density at radius 3 is 2.33 bits per heavy atom. The lowest BCUT2D eigenvalue weighted by Gasteiger charge is -2.41. The lowest BCUT2D eigenvalue weighted by molar-refractivity contribution is -0.160. The molecular formula is C30H40F2N4O4. The number of nitrogens with one attached hydrogen (secondary N) is 2. The molecule has 1 heterocycles. The smallest absolute Gasteiger partial charge is 0.312 e. The second kappa shape index (κ2) is 14.3. The van der Waals surface area contributed by atoms with Gasteiger partial charge in [-0.3, -0.25) is 14.4 Å². The molecule has 40 heavy (non-hydrogen) atoms. The number of aliphatic hydroxyl groups is 1. The van der Waals surface area contributed by atoms with Gasteiger partial charge in [0.15, 0.2) is 0 Å². The zero-order valence-electron chi connectivity index (χ0n) is 23.6. The van der Waals surface area contributed by atoms with E-state index in [1.165, 1.54) is 15.4 Å². The molecule has 3 amide bonds. The fourth-order valence-electron chi connectivity index (χ4n) is 5.06. The summed E-state index contributed by atoms with van der Waals surface area (Å²) in [6.07, 6.45) is -0.254. The highest BCUT2D eigenvalue weighted by molar-refractivity contribution is 6.35. The molecule has 2 aromatic carbocycles. The van der Waals surface area contributed by atoms with Gasteiger partial charge in [-0.1, -0.05) is 45.0 Å². The first-order valence-electron chi connectivity index (χ1n) is 13.8. The van der Waals surface area contributed by atoms with E-state index in [1.54, 1.807) is 6.92 Å². The number of hydrogen-bond acceptors (Lipinski definition) is 5. The van der Waals surface area contributed by atoms with Crippen molar-refractivity contribution in [3.63, 3.8) is 0 Å². The molecule has 0 bridgehead atoms. The Kier molecular flexibility index (Phi) is 11.2. The molecule has 0 spiro atoms. The first kappa shape index (κ1) is 31.2.